The van der Waals surface area contributed by atoms with E-state index in [1.54, 1.807) is 12.1 Å². The summed E-state index contributed by atoms with van der Waals surface area (Å²) in [4.78, 5) is 11.8. The summed E-state index contributed by atoms with van der Waals surface area (Å²) in [6.45, 7) is 6.45. The smallest absolute Gasteiger partial charge is 0.209 e. The summed E-state index contributed by atoms with van der Waals surface area (Å²) in [5, 5.41) is 0.521. The van der Waals surface area contributed by atoms with Gasteiger partial charge >= 0.3 is 0 Å². The molecule has 0 aliphatic rings. The molecule has 0 aromatic heterocycles. The third kappa shape index (κ3) is 7.83. The molecule has 0 saturated carbocycles. The number of carbonyl (C=O) groups excluding carboxylic acids is 1. The molecule has 8 heteroatoms. The van der Waals surface area contributed by atoms with Crippen molar-refractivity contribution in [2.75, 3.05) is 26.0 Å². The zero-order chi connectivity index (χ0) is 23.1. The van der Waals surface area contributed by atoms with Crippen LogP contribution in [0.2, 0.25) is 5.02 Å². The quantitative estimate of drug-likeness (QED) is 0.469. The number of hydrogen-bond acceptors (Lipinski definition) is 5. The molecule has 0 aliphatic carbocycles. The maximum absolute atomic E-state index is 11.8. The average molecular weight is 468 g/mol. The Labute approximate surface area is 190 Å². The van der Waals surface area contributed by atoms with Crippen molar-refractivity contribution < 1.29 is 22.7 Å². The van der Waals surface area contributed by atoms with Gasteiger partial charge in [-0.3, -0.25) is 4.79 Å². The van der Waals surface area contributed by atoms with Crippen LogP contribution in [0.15, 0.2) is 42.5 Å². The summed E-state index contributed by atoms with van der Waals surface area (Å²) in [6.07, 6.45) is 3.11. The second-order valence-electron chi connectivity index (χ2n) is 7.91. The minimum Gasteiger partial charge on any atom is -0.494 e. The Morgan fingerprint density at radius 2 is 1.71 bits per heavy atom. The Morgan fingerprint density at radius 1 is 1.06 bits per heavy atom. The van der Waals surface area contributed by atoms with Gasteiger partial charge in [0, 0.05) is 10.4 Å². The SMILES string of the molecule is CCCCOc1ccc(C(C)(C)c2ccc(OCC(=O)CNS(C)(=O)=O)cc2Cl)cc1. The highest BCUT2D eigenvalue weighted by atomic mass is 35.5. The minimum atomic E-state index is -3.42. The molecule has 0 fully saturated rings. The van der Waals surface area contributed by atoms with E-state index in [4.69, 9.17) is 21.1 Å². The fourth-order valence-electron chi connectivity index (χ4n) is 2.98. The first kappa shape index (κ1) is 25.2. The van der Waals surface area contributed by atoms with Gasteiger partial charge in [0.25, 0.3) is 0 Å². The molecule has 170 valence electrons. The number of hydrogen-bond donors (Lipinski definition) is 1. The number of ketones is 1. The lowest BCUT2D eigenvalue weighted by Crippen LogP contribution is -2.31. The normalized spacial score (nSPS) is 11.9. The number of unbranched alkanes of at least 4 members (excludes halogenated alkanes) is 1. The lowest BCUT2D eigenvalue weighted by Gasteiger charge is -2.27. The van der Waals surface area contributed by atoms with Crippen LogP contribution < -0.4 is 14.2 Å². The van der Waals surface area contributed by atoms with Crippen molar-refractivity contribution in [1.82, 2.24) is 4.72 Å². The number of halogens is 1. The predicted molar refractivity (Wildman–Crippen MR) is 124 cm³/mol. The molecule has 2 rings (SSSR count). The number of sulfonamides is 1. The number of nitrogens with one attached hydrogen (secondary N) is 1. The molecule has 6 nitrogen and oxygen atoms in total. The second-order valence-corrected chi connectivity index (χ2v) is 10.2. The van der Waals surface area contributed by atoms with Crippen molar-refractivity contribution in [2.45, 2.75) is 39.0 Å². The maximum Gasteiger partial charge on any atom is 0.209 e. The van der Waals surface area contributed by atoms with E-state index >= 15 is 0 Å². The summed E-state index contributed by atoms with van der Waals surface area (Å²) in [5.74, 6) is 0.905. The van der Waals surface area contributed by atoms with Gasteiger partial charge in [-0.2, -0.15) is 0 Å². The molecule has 0 spiro atoms. The Hall–Kier alpha value is -2.09. The van der Waals surface area contributed by atoms with E-state index in [0.29, 0.717) is 17.4 Å². The second kappa shape index (κ2) is 11.0. The van der Waals surface area contributed by atoms with E-state index in [1.807, 2.05) is 30.3 Å². The third-order valence-electron chi connectivity index (χ3n) is 4.89. The summed E-state index contributed by atoms with van der Waals surface area (Å²) < 4.78 is 35.4. The topological polar surface area (TPSA) is 81.7 Å². The molecule has 1 N–H and O–H groups in total. The predicted octanol–water partition coefficient (Wildman–Crippen LogP) is 4.34. The first-order valence-corrected chi connectivity index (χ1v) is 12.4. The van der Waals surface area contributed by atoms with Crippen LogP contribution in [0, 0.1) is 0 Å². The number of ether oxygens (including phenoxy) is 2. The van der Waals surface area contributed by atoms with Crippen molar-refractivity contribution in [3.63, 3.8) is 0 Å². The number of benzene rings is 2. The standard InChI is InChI=1S/C23H30ClNO5S/c1-5-6-13-29-19-9-7-17(8-10-19)23(2,3)21-12-11-20(14-22(21)24)30-16-18(26)15-25-31(4,27)28/h7-12,14,25H,5-6,13,15-16H2,1-4H3. The Bertz CT molecular complexity index is 988. The Morgan fingerprint density at radius 3 is 2.29 bits per heavy atom. The van der Waals surface area contributed by atoms with Crippen LogP contribution >= 0.6 is 11.6 Å². The van der Waals surface area contributed by atoms with Gasteiger partial charge in [0.15, 0.2) is 5.78 Å². The van der Waals surface area contributed by atoms with Gasteiger partial charge in [-0.05, 0) is 41.8 Å². The monoisotopic (exact) mass is 467 g/mol. The van der Waals surface area contributed by atoms with Crippen LogP contribution in [0.1, 0.15) is 44.7 Å². The number of carbonyl (C=O) groups is 1. The summed E-state index contributed by atoms with van der Waals surface area (Å²) >= 11 is 6.53. The summed E-state index contributed by atoms with van der Waals surface area (Å²) in [7, 11) is -3.42. The van der Waals surface area contributed by atoms with Crippen LogP contribution in [-0.2, 0) is 20.2 Å². The first-order valence-electron chi connectivity index (χ1n) is 10.2. The van der Waals surface area contributed by atoms with Crippen LogP contribution in [-0.4, -0.2) is 40.2 Å². The summed E-state index contributed by atoms with van der Waals surface area (Å²) in [6, 6.07) is 13.3. The van der Waals surface area contributed by atoms with E-state index in [-0.39, 0.29) is 24.3 Å². The minimum absolute atomic E-state index is 0.249. The van der Waals surface area contributed by atoms with Gasteiger partial charge in [0.05, 0.1) is 19.4 Å². The zero-order valence-corrected chi connectivity index (χ0v) is 20.0. The fourth-order valence-corrected chi connectivity index (χ4v) is 3.81. The van der Waals surface area contributed by atoms with Crippen molar-refractivity contribution >= 4 is 27.4 Å². The van der Waals surface area contributed by atoms with E-state index in [9.17, 15) is 13.2 Å². The molecule has 2 aromatic rings. The number of rotatable bonds is 12. The van der Waals surface area contributed by atoms with E-state index in [1.165, 1.54) is 0 Å². The Kier molecular flexibility index (Phi) is 8.91. The summed E-state index contributed by atoms with van der Waals surface area (Å²) in [5.41, 5.74) is 1.66. The molecule has 31 heavy (non-hydrogen) atoms. The zero-order valence-electron chi connectivity index (χ0n) is 18.4. The molecule has 0 atom stereocenters. The van der Waals surface area contributed by atoms with Crippen molar-refractivity contribution in [3.05, 3.63) is 58.6 Å². The number of Topliss-reactive ketones (excluding diaryl/α,β-unsaturated/α-hetero) is 1. The van der Waals surface area contributed by atoms with E-state index in [2.05, 4.69) is 25.5 Å². The van der Waals surface area contributed by atoms with Gasteiger partial charge in [-0.25, -0.2) is 13.1 Å². The van der Waals surface area contributed by atoms with Crippen LogP contribution in [0.3, 0.4) is 0 Å². The van der Waals surface area contributed by atoms with Crippen molar-refractivity contribution in [2.24, 2.45) is 0 Å². The maximum atomic E-state index is 11.8. The van der Waals surface area contributed by atoms with Crippen LogP contribution in [0.5, 0.6) is 11.5 Å². The van der Waals surface area contributed by atoms with Crippen LogP contribution in [0.25, 0.3) is 0 Å². The van der Waals surface area contributed by atoms with Gasteiger partial charge in [0.1, 0.15) is 18.1 Å². The highest BCUT2D eigenvalue weighted by Gasteiger charge is 2.26. The molecule has 2 aromatic carbocycles. The molecule has 0 heterocycles. The lowest BCUT2D eigenvalue weighted by atomic mass is 9.78. The average Bonchev–Trinajstić information content (AvgIpc) is 2.70. The molecule has 0 unspecified atom stereocenters. The molecule has 0 bridgehead atoms. The first-order chi connectivity index (χ1) is 14.5. The van der Waals surface area contributed by atoms with Gasteiger partial charge in [-0.15, -0.1) is 0 Å². The van der Waals surface area contributed by atoms with Gasteiger partial charge in [-0.1, -0.05) is 57.0 Å². The third-order valence-corrected chi connectivity index (χ3v) is 5.87. The highest BCUT2D eigenvalue weighted by molar-refractivity contribution is 7.88. The molecule has 0 aliphatic heterocycles. The van der Waals surface area contributed by atoms with E-state index in [0.717, 1.165) is 36.0 Å². The van der Waals surface area contributed by atoms with Crippen molar-refractivity contribution in [1.29, 1.82) is 0 Å². The fraction of sp³-hybridized carbons (Fsp3) is 0.435. The van der Waals surface area contributed by atoms with Crippen molar-refractivity contribution in [3.8, 4) is 11.5 Å². The van der Waals surface area contributed by atoms with Crippen LogP contribution in [0.4, 0.5) is 0 Å². The Balaban J connectivity index is 2.04. The molecule has 0 saturated heterocycles. The molecular weight excluding hydrogens is 438 g/mol. The molecule has 0 amide bonds. The molecular formula is C23H30ClNO5S. The highest BCUT2D eigenvalue weighted by Crippen LogP contribution is 2.38. The lowest BCUT2D eigenvalue weighted by molar-refractivity contribution is -0.119. The van der Waals surface area contributed by atoms with Gasteiger partial charge < -0.3 is 9.47 Å². The largest absolute Gasteiger partial charge is 0.494 e. The molecule has 0 radical (unpaired) electrons. The van der Waals surface area contributed by atoms with E-state index < -0.39 is 10.0 Å². The van der Waals surface area contributed by atoms with Gasteiger partial charge in [0.2, 0.25) is 10.0 Å².